The smallest absolute Gasteiger partial charge is 0.308 e. The fourth-order valence-corrected chi connectivity index (χ4v) is 3.31. The summed E-state index contributed by atoms with van der Waals surface area (Å²) < 4.78 is 5.82. The van der Waals surface area contributed by atoms with Gasteiger partial charge in [0.1, 0.15) is 15.1 Å². The summed E-state index contributed by atoms with van der Waals surface area (Å²) in [6, 6.07) is 5.58. The first-order chi connectivity index (χ1) is 9.13. The van der Waals surface area contributed by atoms with E-state index in [-0.39, 0.29) is 6.42 Å². The van der Waals surface area contributed by atoms with Gasteiger partial charge in [0.05, 0.1) is 11.3 Å². The number of carboxylic acid groups (broad SMARTS) is 1. The molecule has 0 saturated carbocycles. The Morgan fingerprint density at radius 2 is 2.32 bits per heavy atom. The lowest BCUT2D eigenvalue weighted by Gasteiger charge is -1.94. The summed E-state index contributed by atoms with van der Waals surface area (Å²) >= 11 is 4.64. The predicted molar refractivity (Wildman–Crippen MR) is 74.2 cm³/mol. The third-order valence-electron chi connectivity index (χ3n) is 2.54. The fourth-order valence-electron chi connectivity index (χ4n) is 1.69. The molecule has 0 amide bonds. The monoisotopic (exact) mass is 338 g/mol. The number of aromatic nitrogens is 2. The minimum atomic E-state index is -0.874. The van der Waals surface area contributed by atoms with Gasteiger partial charge in [-0.1, -0.05) is 0 Å². The summed E-state index contributed by atoms with van der Waals surface area (Å²) in [4.78, 5) is 19.8. The van der Waals surface area contributed by atoms with Gasteiger partial charge in [-0.3, -0.25) is 4.79 Å². The number of oxazole rings is 1. The van der Waals surface area contributed by atoms with Crippen LogP contribution in [0.15, 0.2) is 33.6 Å². The molecular formula is C12H7BrN2O3S. The molecule has 0 unspecified atom stereocenters. The van der Waals surface area contributed by atoms with E-state index < -0.39 is 5.97 Å². The summed E-state index contributed by atoms with van der Waals surface area (Å²) in [6.45, 7) is 0. The molecule has 0 aliphatic heterocycles. The second-order valence-corrected chi connectivity index (χ2v) is 5.67. The normalized spacial score (nSPS) is 11.0. The number of nitrogens with zero attached hydrogens (tertiary/aromatic N) is 2. The van der Waals surface area contributed by atoms with Gasteiger partial charge in [-0.15, -0.1) is 11.3 Å². The number of aliphatic carboxylic acids is 1. The highest BCUT2D eigenvalue weighted by Crippen LogP contribution is 2.32. The van der Waals surface area contributed by atoms with E-state index in [1.165, 1.54) is 17.7 Å². The zero-order chi connectivity index (χ0) is 13.4. The zero-order valence-electron chi connectivity index (χ0n) is 9.46. The van der Waals surface area contributed by atoms with Gasteiger partial charge < -0.3 is 9.52 Å². The number of carbonyl (C=O) groups is 1. The van der Waals surface area contributed by atoms with Crippen LogP contribution in [-0.2, 0) is 11.2 Å². The first-order valence-electron chi connectivity index (χ1n) is 5.34. The van der Waals surface area contributed by atoms with E-state index in [0.717, 1.165) is 16.1 Å². The van der Waals surface area contributed by atoms with Gasteiger partial charge in [-0.2, -0.15) is 0 Å². The van der Waals surface area contributed by atoms with Crippen LogP contribution >= 0.6 is 27.3 Å². The van der Waals surface area contributed by atoms with E-state index in [9.17, 15) is 4.79 Å². The van der Waals surface area contributed by atoms with E-state index in [2.05, 4.69) is 25.9 Å². The molecule has 0 aliphatic rings. The van der Waals surface area contributed by atoms with Crippen molar-refractivity contribution in [1.29, 1.82) is 0 Å². The Labute approximate surface area is 120 Å². The third kappa shape index (κ3) is 2.39. The lowest BCUT2D eigenvalue weighted by molar-refractivity contribution is -0.136. The van der Waals surface area contributed by atoms with Crippen molar-refractivity contribution >= 4 is 44.3 Å². The van der Waals surface area contributed by atoms with Crippen LogP contribution in [0.3, 0.4) is 0 Å². The van der Waals surface area contributed by atoms with Crippen molar-refractivity contribution in [3.63, 3.8) is 0 Å². The molecule has 2 heterocycles. The van der Waals surface area contributed by atoms with E-state index in [1.807, 2.05) is 18.2 Å². The first-order valence-corrected chi connectivity index (χ1v) is 6.95. The van der Waals surface area contributed by atoms with Gasteiger partial charge >= 0.3 is 5.97 Å². The second kappa shape index (κ2) is 4.75. The molecule has 3 rings (SSSR count). The van der Waals surface area contributed by atoms with Crippen molar-refractivity contribution in [2.24, 2.45) is 0 Å². The summed E-state index contributed by atoms with van der Waals surface area (Å²) in [5.41, 5.74) is 2.35. The van der Waals surface area contributed by atoms with E-state index in [1.54, 1.807) is 0 Å². The molecule has 2 aromatic heterocycles. The molecular weight excluding hydrogens is 332 g/mol. The number of rotatable bonds is 3. The molecule has 0 spiro atoms. The SMILES string of the molecule is O=C(O)Cc1sc(-c2ccc3ncoc3c2)nc1Br. The van der Waals surface area contributed by atoms with Crippen LogP contribution in [0.2, 0.25) is 0 Å². The molecule has 0 fully saturated rings. The van der Waals surface area contributed by atoms with E-state index in [4.69, 9.17) is 9.52 Å². The topological polar surface area (TPSA) is 76.2 Å². The quantitative estimate of drug-likeness (QED) is 0.792. The van der Waals surface area contributed by atoms with Crippen LogP contribution in [0.4, 0.5) is 0 Å². The second-order valence-electron chi connectivity index (χ2n) is 3.84. The Morgan fingerprint density at radius 3 is 3.11 bits per heavy atom. The Balaban J connectivity index is 2.03. The summed E-state index contributed by atoms with van der Waals surface area (Å²) in [5, 5.41) is 9.57. The predicted octanol–water partition coefficient (Wildman–Crippen LogP) is 3.34. The van der Waals surface area contributed by atoms with E-state index >= 15 is 0 Å². The van der Waals surface area contributed by atoms with Crippen LogP contribution < -0.4 is 0 Å². The van der Waals surface area contributed by atoms with Crippen molar-refractivity contribution in [3.8, 4) is 10.6 Å². The average molecular weight is 339 g/mol. The highest BCUT2D eigenvalue weighted by molar-refractivity contribution is 9.10. The van der Waals surface area contributed by atoms with Crippen molar-refractivity contribution < 1.29 is 14.3 Å². The Bertz CT molecular complexity index is 765. The summed E-state index contributed by atoms with van der Waals surface area (Å²) in [5.74, 6) is -0.874. The lowest BCUT2D eigenvalue weighted by atomic mass is 10.2. The average Bonchev–Trinajstić information content (AvgIpc) is 2.95. The molecule has 7 heteroatoms. The van der Waals surface area contributed by atoms with Crippen molar-refractivity contribution in [2.45, 2.75) is 6.42 Å². The molecule has 0 radical (unpaired) electrons. The minimum Gasteiger partial charge on any atom is -0.481 e. The molecule has 3 aromatic rings. The molecule has 5 nitrogen and oxygen atoms in total. The fraction of sp³-hybridized carbons (Fsp3) is 0.0833. The van der Waals surface area contributed by atoms with Gasteiger partial charge in [0.25, 0.3) is 0 Å². The third-order valence-corrected chi connectivity index (χ3v) is 4.56. The van der Waals surface area contributed by atoms with Crippen LogP contribution in [-0.4, -0.2) is 21.0 Å². The van der Waals surface area contributed by atoms with Crippen LogP contribution in [0.5, 0.6) is 0 Å². The number of halogens is 1. The molecule has 0 aliphatic carbocycles. The Hall–Kier alpha value is -1.73. The zero-order valence-corrected chi connectivity index (χ0v) is 11.9. The van der Waals surface area contributed by atoms with Gasteiger partial charge in [0, 0.05) is 5.56 Å². The maximum absolute atomic E-state index is 10.7. The molecule has 19 heavy (non-hydrogen) atoms. The highest BCUT2D eigenvalue weighted by atomic mass is 79.9. The van der Waals surface area contributed by atoms with E-state index in [0.29, 0.717) is 15.1 Å². The maximum atomic E-state index is 10.7. The number of fused-ring (bicyclic) bond motifs is 1. The van der Waals surface area contributed by atoms with Gasteiger partial charge in [0.15, 0.2) is 12.0 Å². The molecule has 0 bridgehead atoms. The van der Waals surface area contributed by atoms with Crippen LogP contribution in [0.25, 0.3) is 21.7 Å². The van der Waals surface area contributed by atoms with Gasteiger partial charge in [0.2, 0.25) is 0 Å². The maximum Gasteiger partial charge on any atom is 0.308 e. The number of hydrogen-bond donors (Lipinski definition) is 1. The standard InChI is InChI=1S/C12H7BrN2O3S/c13-11-9(4-10(16)17)19-12(15-11)6-1-2-7-8(3-6)18-5-14-7/h1-3,5H,4H2,(H,16,17). The highest BCUT2D eigenvalue weighted by Gasteiger charge is 2.14. The molecule has 0 atom stereocenters. The number of benzene rings is 1. The molecule has 0 saturated heterocycles. The lowest BCUT2D eigenvalue weighted by Crippen LogP contribution is -1.98. The molecule has 96 valence electrons. The van der Waals surface area contributed by atoms with Crippen molar-refractivity contribution in [1.82, 2.24) is 9.97 Å². The Morgan fingerprint density at radius 1 is 1.47 bits per heavy atom. The largest absolute Gasteiger partial charge is 0.481 e. The number of thiazole rings is 1. The van der Waals surface area contributed by atoms with Gasteiger partial charge in [-0.05, 0) is 34.1 Å². The summed E-state index contributed by atoms with van der Waals surface area (Å²) in [7, 11) is 0. The van der Waals surface area contributed by atoms with Gasteiger partial charge in [-0.25, -0.2) is 9.97 Å². The van der Waals surface area contributed by atoms with Crippen molar-refractivity contribution in [3.05, 3.63) is 34.1 Å². The number of hydrogen-bond acceptors (Lipinski definition) is 5. The number of carboxylic acids is 1. The van der Waals surface area contributed by atoms with Crippen molar-refractivity contribution in [2.75, 3.05) is 0 Å². The Kier molecular flexibility index (Phi) is 3.08. The minimum absolute atomic E-state index is 0.0389. The summed E-state index contributed by atoms with van der Waals surface area (Å²) in [6.07, 6.45) is 1.35. The van der Waals surface area contributed by atoms with Crippen LogP contribution in [0.1, 0.15) is 4.88 Å². The molecule has 1 aromatic carbocycles. The first kappa shape index (κ1) is 12.3. The van der Waals surface area contributed by atoms with Crippen LogP contribution in [0, 0.1) is 0 Å². The molecule has 1 N–H and O–H groups in total.